The second kappa shape index (κ2) is 6.22. The van der Waals surface area contributed by atoms with Gasteiger partial charge in [-0.25, -0.2) is 4.98 Å². The summed E-state index contributed by atoms with van der Waals surface area (Å²) >= 11 is 0. The lowest BCUT2D eigenvalue weighted by Gasteiger charge is -2.07. The molecule has 0 atom stereocenters. The highest BCUT2D eigenvalue weighted by molar-refractivity contribution is 5.78. The fourth-order valence-electron chi connectivity index (χ4n) is 2.03. The monoisotopic (exact) mass is 282 g/mol. The highest BCUT2D eigenvalue weighted by Gasteiger charge is 2.05. The average molecular weight is 282 g/mol. The van der Waals surface area contributed by atoms with Crippen molar-refractivity contribution in [3.05, 3.63) is 64.7 Å². The second-order valence-corrected chi connectivity index (χ2v) is 4.46. The molecule has 0 saturated heterocycles. The van der Waals surface area contributed by atoms with Crippen molar-refractivity contribution in [1.82, 2.24) is 9.55 Å². The lowest BCUT2D eigenvalue weighted by molar-refractivity contribution is 0.475. The van der Waals surface area contributed by atoms with E-state index in [-0.39, 0.29) is 11.3 Å². The molecule has 0 aliphatic carbocycles. The Kier molecular flexibility index (Phi) is 4.38. The summed E-state index contributed by atoms with van der Waals surface area (Å²) in [5.74, 6) is 0.168. The van der Waals surface area contributed by atoms with E-state index in [0.717, 1.165) is 5.56 Å². The van der Waals surface area contributed by atoms with E-state index in [4.69, 9.17) is 0 Å². The first-order valence-electron chi connectivity index (χ1n) is 6.92. The average Bonchev–Trinajstić information content (AvgIpc) is 2.51. The minimum Gasteiger partial charge on any atom is -0.508 e. The largest absolute Gasteiger partial charge is 0.508 e. The highest BCUT2D eigenvalue weighted by atomic mass is 16.3. The molecule has 1 heterocycles. The Morgan fingerprint density at radius 2 is 1.71 bits per heavy atom. The predicted octanol–water partition coefficient (Wildman–Crippen LogP) is 3.43. The Morgan fingerprint density at radius 1 is 1.05 bits per heavy atom. The molecule has 0 aliphatic rings. The van der Waals surface area contributed by atoms with E-state index in [2.05, 4.69) is 4.98 Å². The number of nitrogens with zero attached hydrogens (tertiary/aromatic N) is 2. The molecule has 3 rings (SSSR count). The summed E-state index contributed by atoms with van der Waals surface area (Å²) in [6, 6.07) is 12.0. The molecule has 0 saturated carbocycles. The number of hydrogen-bond donors (Lipinski definition) is 1. The molecule has 1 N–H and O–H groups in total. The summed E-state index contributed by atoms with van der Waals surface area (Å²) in [6.45, 7) is 5.96. The van der Waals surface area contributed by atoms with Gasteiger partial charge in [0.2, 0.25) is 0 Å². The van der Waals surface area contributed by atoms with E-state index in [1.807, 2.05) is 32.9 Å². The van der Waals surface area contributed by atoms with Gasteiger partial charge in [-0.1, -0.05) is 19.9 Å². The van der Waals surface area contributed by atoms with Crippen molar-refractivity contribution < 1.29 is 5.11 Å². The number of aryl methyl sites for hydroxylation is 1. The van der Waals surface area contributed by atoms with Gasteiger partial charge in [0.15, 0.2) is 0 Å². The summed E-state index contributed by atoms with van der Waals surface area (Å²) in [6.07, 6.45) is 1.51. The molecule has 0 aliphatic heterocycles. The summed E-state index contributed by atoms with van der Waals surface area (Å²) in [5, 5.41) is 9.86. The lowest BCUT2D eigenvalue weighted by atomic mass is 10.2. The molecule has 1 aromatic heterocycles. The minimum atomic E-state index is -0.115. The topological polar surface area (TPSA) is 55.1 Å². The van der Waals surface area contributed by atoms with Crippen molar-refractivity contribution in [3.63, 3.8) is 0 Å². The van der Waals surface area contributed by atoms with E-state index in [9.17, 15) is 9.90 Å². The van der Waals surface area contributed by atoms with Crippen LogP contribution in [0.3, 0.4) is 0 Å². The van der Waals surface area contributed by atoms with Gasteiger partial charge in [-0.05, 0) is 48.9 Å². The van der Waals surface area contributed by atoms with Crippen LogP contribution in [0.25, 0.3) is 16.6 Å². The number of aromatic hydroxyl groups is 1. The molecule has 108 valence electrons. The fourth-order valence-corrected chi connectivity index (χ4v) is 2.03. The van der Waals surface area contributed by atoms with E-state index < -0.39 is 0 Å². The second-order valence-electron chi connectivity index (χ2n) is 4.46. The van der Waals surface area contributed by atoms with Crippen LogP contribution in [0, 0.1) is 6.92 Å². The van der Waals surface area contributed by atoms with Crippen LogP contribution in [0.15, 0.2) is 53.6 Å². The third-order valence-corrected chi connectivity index (χ3v) is 3.04. The Morgan fingerprint density at radius 3 is 2.38 bits per heavy atom. The third-order valence-electron chi connectivity index (χ3n) is 3.04. The highest BCUT2D eigenvalue weighted by Crippen LogP contribution is 2.14. The molecule has 0 amide bonds. The molecule has 2 aromatic carbocycles. The van der Waals surface area contributed by atoms with Crippen molar-refractivity contribution in [2.75, 3.05) is 0 Å². The summed E-state index contributed by atoms with van der Waals surface area (Å²) in [7, 11) is 0. The van der Waals surface area contributed by atoms with Gasteiger partial charge < -0.3 is 5.11 Å². The molecule has 0 radical (unpaired) electrons. The maximum atomic E-state index is 12.4. The number of phenols is 1. The van der Waals surface area contributed by atoms with Crippen molar-refractivity contribution in [2.24, 2.45) is 0 Å². The third kappa shape index (κ3) is 2.94. The number of benzene rings is 2. The van der Waals surface area contributed by atoms with Gasteiger partial charge in [0.05, 0.1) is 16.6 Å². The number of fused-ring (bicyclic) bond motifs is 1. The van der Waals surface area contributed by atoms with E-state index >= 15 is 0 Å². The quantitative estimate of drug-likeness (QED) is 0.744. The van der Waals surface area contributed by atoms with Gasteiger partial charge in [-0.15, -0.1) is 0 Å². The Balaban J connectivity index is 0.000000774. The predicted molar refractivity (Wildman–Crippen MR) is 85.1 cm³/mol. The molecule has 3 aromatic rings. The standard InChI is InChI=1S/C15H12N2O2.C2H6/c1-10-2-7-13-14(8-10)16-9-17(15(13)19)11-3-5-12(18)6-4-11;1-2/h2-9,18H,1H3;1-2H3. The van der Waals surface area contributed by atoms with Gasteiger partial charge in [-0.2, -0.15) is 0 Å². The van der Waals surface area contributed by atoms with Crippen molar-refractivity contribution >= 4 is 10.9 Å². The van der Waals surface area contributed by atoms with Crippen LogP contribution >= 0.6 is 0 Å². The molecule has 0 bridgehead atoms. The lowest BCUT2D eigenvalue weighted by Crippen LogP contribution is -2.18. The molecule has 0 unspecified atom stereocenters. The van der Waals surface area contributed by atoms with Gasteiger partial charge in [0, 0.05) is 0 Å². The van der Waals surface area contributed by atoms with Crippen LogP contribution in [-0.4, -0.2) is 14.7 Å². The van der Waals surface area contributed by atoms with Gasteiger partial charge in [0.1, 0.15) is 12.1 Å². The molecule has 4 heteroatoms. The smallest absolute Gasteiger partial charge is 0.265 e. The molecule has 0 spiro atoms. The van der Waals surface area contributed by atoms with E-state index in [1.165, 1.54) is 10.9 Å². The van der Waals surface area contributed by atoms with Crippen molar-refractivity contribution in [2.45, 2.75) is 20.8 Å². The summed E-state index contributed by atoms with van der Waals surface area (Å²) in [5.41, 5.74) is 2.33. The number of phenolic OH excluding ortho intramolecular Hbond substituents is 1. The number of hydrogen-bond acceptors (Lipinski definition) is 3. The van der Waals surface area contributed by atoms with Gasteiger partial charge in [0.25, 0.3) is 5.56 Å². The number of rotatable bonds is 1. The normalized spacial score (nSPS) is 10.0. The van der Waals surface area contributed by atoms with Crippen LogP contribution < -0.4 is 5.56 Å². The maximum absolute atomic E-state index is 12.4. The molecular formula is C17H18N2O2. The summed E-state index contributed by atoms with van der Waals surface area (Å²) < 4.78 is 1.47. The first kappa shape index (κ1) is 14.8. The minimum absolute atomic E-state index is 0.115. The molecule has 21 heavy (non-hydrogen) atoms. The molecule has 0 fully saturated rings. The first-order valence-corrected chi connectivity index (χ1v) is 6.92. The van der Waals surface area contributed by atoms with Crippen molar-refractivity contribution in [1.29, 1.82) is 0 Å². The van der Waals surface area contributed by atoms with Gasteiger partial charge >= 0.3 is 0 Å². The van der Waals surface area contributed by atoms with E-state index in [0.29, 0.717) is 16.6 Å². The zero-order valence-electron chi connectivity index (χ0n) is 12.4. The Bertz CT molecular complexity index is 805. The molecular weight excluding hydrogens is 264 g/mol. The van der Waals surface area contributed by atoms with Crippen LogP contribution in [0.4, 0.5) is 0 Å². The zero-order valence-corrected chi connectivity index (χ0v) is 12.4. The van der Waals surface area contributed by atoms with Gasteiger partial charge in [-0.3, -0.25) is 9.36 Å². The number of aromatic nitrogens is 2. The van der Waals surface area contributed by atoms with Crippen LogP contribution in [0.5, 0.6) is 5.75 Å². The molecule has 4 nitrogen and oxygen atoms in total. The maximum Gasteiger partial charge on any atom is 0.265 e. The zero-order chi connectivity index (χ0) is 15.4. The fraction of sp³-hybridized carbons (Fsp3) is 0.176. The Hall–Kier alpha value is -2.62. The van der Waals surface area contributed by atoms with Crippen LogP contribution in [0.2, 0.25) is 0 Å². The SMILES string of the molecule is CC.Cc1ccc2c(=O)n(-c3ccc(O)cc3)cnc2c1. The van der Waals surface area contributed by atoms with Crippen molar-refractivity contribution in [3.8, 4) is 11.4 Å². The van der Waals surface area contributed by atoms with E-state index in [1.54, 1.807) is 30.3 Å². The Labute approximate surface area is 123 Å². The van der Waals surface area contributed by atoms with Crippen LogP contribution in [-0.2, 0) is 0 Å². The first-order chi connectivity index (χ1) is 10.1. The van der Waals surface area contributed by atoms with Crippen LogP contribution in [0.1, 0.15) is 19.4 Å². The summed E-state index contributed by atoms with van der Waals surface area (Å²) in [4.78, 5) is 16.7.